The zero-order valence-electron chi connectivity index (χ0n) is 13.3. The molecule has 2 heterocycles. The van der Waals surface area contributed by atoms with E-state index in [1.165, 1.54) is 0 Å². The van der Waals surface area contributed by atoms with E-state index in [4.69, 9.17) is 33.7 Å². The van der Waals surface area contributed by atoms with Crippen LogP contribution in [0.4, 0.5) is 5.95 Å². The van der Waals surface area contributed by atoms with Crippen LogP contribution in [0.2, 0.25) is 10.0 Å². The highest BCUT2D eigenvalue weighted by atomic mass is 35.5. The molecule has 0 atom stereocenters. The van der Waals surface area contributed by atoms with Crippen LogP contribution in [0.3, 0.4) is 0 Å². The quantitative estimate of drug-likeness (QED) is 0.723. The van der Waals surface area contributed by atoms with E-state index in [1.807, 2.05) is 25.1 Å². The Morgan fingerprint density at radius 2 is 2.00 bits per heavy atom. The van der Waals surface area contributed by atoms with Gasteiger partial charge in [0, 0.05) is 18.3 Å². The minimum Gasteiger partial charge on any atom is -0.491 e. The van der Waals surface area contributed by atoms with Crippen LogP contribution >= 0.6 is 23.2 Å². The average molecular weight is 366 g/mol. The fourth-order valence-corrected chi connectivity index (χ4v) is 2.84. The lowest BCUT2D eigenvalue weighted by Gasteiger charge is -2.14. The number of nitrogens with zero attached hydrogens (tertiary/aromatic N) is 3. The normalized spacial score (nSPS) is 11.4. The van der Waals surface area contributed by atoms with Crippen molar-refractivity contribution < 1.29 is 4.74 Å². The van der Waals surface area contributed by atoms with Gasteiger partial charge in [-0.1, -0.05) is 23.2 Å². The Morgan fingerprint density at radius 1 is 1.21 bits per heavy atom. The summed E-state index contributed by atoms with van der Waals surface area (Å²) in [5.41, 5.74) is 8.58. The molecule has 0 aliphatic carbocycles. The summed E-state index contributed by atoms with van der Waals surface area (Å²) in [7, 11) is 3.95. The second kappa shape index (κ2) is 6.84. The van der Waals surface area contributed by atoms with Crippen molar-refractivity contribution in [2.24, 2.45) is 0 Å². The lowest BCUT2D eigenvalue weighted by Crippen LogP contribution is -2.19. The van der Waals surface area contributed by atoms with E-state index < -0.39 is 0 Å². The summed E-state index contributed by atoms with van der Waals surface area (Å²) in [6, 6.07) is 5.26. The van der Waals surface area contributed by atoms with Crippen molar-refractivity contribution in [3.05, 3.63) is 34.4 Å². The van der Waals surface area contributed by atoms with Crippen molar-refractivity contribution in [3.63, 3.8) is 0 Å². The second-order valence-electron chi connectivity index (χ2n) is 5.58. The zero-order chi connectivity index (χ0) is 17.3. The molecule has 3 N–H and O–H groups in total. The summed E-state index contributed by atoms with van der Waals surface area (Å²) in [6.45, 7) is 1.28. The van der Waals surface area contributed by atoms with Gasteiger partial charge in [0.15, 0.2) is 0 Å². The fraction of sp³-hybridized carbons (Fsp3) is 0.250. The standard InChI is InChI=1S/C16H17Cl2N5O/c1-23(2)5-6-24-13-7-9(10(17)8-11(13)18)14-15-12(3-4-20-15)21-16(19)22-14/h3-4,7-8,20H,5-6H2,1-2H3,(H2,19,21,22). The Bertz CT molecular complexity index is 878. The van der Waals surface area contributed by atoms with Crippen LogP contribution in [0.25, 0.3) is 22.3 Å². The monoisotopic (exact) mass is 365 g/mol. The lowest BCUT2D eigenvalue weighted by molar-refractivity contribution is 0.261. The molecule has 8 heteroatoms. The minimum absolute atomic E-state index is 0.179. The molecular formula is C16H17Cl2N5O. The van der Waals surface area contributed by atoms with Gasteiger partial charge in [0.1, 0.15) is 18.1 Å². The van der Waals surface area contributed by atoms with Gasteiger partial charge in [-0.25, -0.2) is 9.97 Å². The van der Waals surface area contributed by atoms with Crippen molar-refractivity contribution in [2.45, 2.75) is 0 Å². The minimum atomic E-state index is 0.179. The Balaban J connectivity index is 2.05. The average Bonchev–Trinajstić information content (AvgIpc) is 2.96. The van der Waals surface area contributed by atoms with Crippen LogP contribution < -0.4 is 10.5 Å². The molecule has 0 saturated carbocycles. The number of ether oxygens (including phenoxy) is 1. The number of anilines is 1. The van der Waals surface area contributed by atoms with Crippen molar-refractivity contribution in [1.29, 1.82) is 0 Å². The summed E-state index contributed by atoms with van der Waals surface area (Å²) in [4.78, 5) is 13.7. The molecule has 0 spiro atoms. The topological polar surface area (TPSA) is 80.1 Å². The summed E-state index contributed by atoms with van der Waals surface area (Å²) in [5.74, 6) is 0.730. The number of benzene rings is 1. The third-order valence-electron chi connectivity index (χ3n) is 3.50. The first-order valence-corrected chi connectivity index (χ1v) is 8.09. The van der Waals surface area contributed by atoms with E-state index in [2.05, 4.69) is 15.0 Å². The molecule has 0 amide bonds. The van der Waals surface area contributed by atoms with Gasteiger partial charge in [-0.3, -0.25) is 0 Å². The predicted octanol–water partition coefficient (Wildman–Crippen LogP) is 3.45. The third kappa shape index (κ3) is 3.40. The number of hydrogen-bond acceptors (Lipinski definition) is 5. The van der Waals surface area contributed by atoms with E-state index >= 15 is 0 Å². The number of nitrogens with one attached hydrogen (secondary N) is 1. The van der Waals surface area contributed by atoms with E-state index in [0.717, 1.165) is 17.6 Å². The Labute approximate surface area is 149 Å². The van der Waals surface area contributed by atoms with Gasteiger partial charge in [0.25, 0.3) is 0 Å². The fourth-order valence-electron chi connectivity index (χ4n) is 2.32. The predicted molar refractivity (Wildman–Crippen MR) is 97.8 cm³/mol. The van der Waals surface area contributed by atoms with Gasteiger partial charge in [-0.2, -0.15) is 0 Å². The number of aromatic nitrogens is 3. The molecule has 0 bridgehead atoms. The van der Waals surface area contributed by atoms with Crippen LogP contribution in [0.1, 0.15) is 0 Å². The van der Waals surface area contributed by atoms with Crippen molar-refractivity contribution in [2.75, 3.05) is 33.0 Å². The van der Waals surface area contributed by atoms with Crippen LogP contribution in [-0.2, 0) is 0 Å². The van der Waals surface area contributed by atoms with E-state index in [9.17, 15) is 0 Å². The van der Waals surface area contributed by atoms with Gasteiger partial charge in [-0.15, -0.1) is 0 Å². The summed E-state index contributed by atoms with van der Waals surface area (Å²) in [6.07, 6.45) is 1.78. The van der Waals surface area contributed by atoms with Crippen LogP contribution in [-0.4, -0.2) is 47.1 Å². The molecular weight excluding hydrogens is 349 g/mol. The maximum Gasteiger partial charge on any atom is 0.221 e. The van der Waals surface area contributed by atoms with E-state index in [0.29, 0.717) is 33.7 Å². The lowest BCUT2D eigenvalue weighted by atomic mass is 10.1. The molecule has 0 fully saturated rings. The van der Waals surface area contributed by atoms with Gasteiger partial charge in [0.05, 0.1) is 21.1 Å². The van der Waals surface area contributed by atoms with Gasteiger partial charge in [0.2, 0.25) is 5.95 Å². The first-order valence-electron chi connectivity index (χ1n) is 7.33. The summed E-state index contributed by atoms with van der Waals surface area (Å²) >= 11 is 12.6. The molecule has 0 unspecified atom stereocenters. The highest BCUT2D eigenvalue weighted by molar-refractivity contribution is 6.37. The molecule has 0 radical (unpaired) electrons. The maximum absolute atomic E-state index is 6.38. The number of fused-ring (bicyclic) bond motifs is 1. The zero-order valence-corrected chi connectivity index (χ0v) is 14.8. The number of likely N-dealkylation sites (N-methyl/N-ethyl adjacent to an activating group) is 1. The van der Waals surface area contributed by atoms with Crippen LogP contribution in [0.5, 0.6) is 5.75 Å². The number of hydrogen-bond donors (Lipinski definition) is 2. The van der Waals surface area contributed by atoms with E-state index in [1.54, 1.807) is 18.3 Å². The number of nitrogen functional groups attached to an aromatic ring is 1. The van der Waals surface area contributed by atoms with Gasteiger partial charge < -0.3 is 20.4 Å². The first kappa shape index (κ1) is 16.8. The largest absolute Gasteiger partial charge is 0.491 e. The third-order valence-corrected chi connectivity index (χ3v) is 4.10. The highest BCUT2D eigenvalue weighted by Gasteiger charge is 2.16. The molecule has 3 rings (SSSR count). The van der Waals surface area contributed by atoms with Crippen molar-refractivity contribution in [1.82, 2.24) is 19.9 Å². The Morgan fingerprint density at radius 3 is 2.75 bits per heavy atom. The number of H-pyrrole nitrogens is 1. The molecule has 6 nitrogen and oxygen atoms in total. The van der Waals surface area contributed by atoms with Gasteiger partial charge >= 0.3 is 0 Å². The van der Waals surface area contributed by atoms with Crippen LogP contribution in [0.15, 0.2) is 24.4 Å². The van der Waals surface area contributed by atoms with Crippen LogP contribution in [0, 0.1) is 0 Å². The summed E-state index contributed by atoms with van der Waals surface area (Å²) < 4.78 is 5.77. The molecule has 0 aliphatic heterocycles. The van der Waals surface area contributed by atoms with Crippen molar-refractivity contribution in [3.8, 4) is 17.0 Å². The molecule has 24 heavy (non-hydrogen) atoms. The molecule has 3 aromatic rings. The van der Waals surface area contributed by atoms with E-state index in [-0.39, 0.29) is 5.95 Å². The number of rotatable bonds is 5. The number of aromatic amines is 1. The highest BCUT2D eigenvalue weighted by Crippen LogP contribution is 2.38. The SMILES string of the molecule is CN(C)CCOc1cc(-c2nc(N)nc3cc[nH]c23)c(Cl)cc1Cl. The molecule has 0 saturated heterocycles. The number of halogens is 2. The Kier molecular flexibility index (Phi) is 4.80. The maximum atomic E-state index is 6.38. The molecule has 0 aliphatic rings. The summed E-state index contributed by atoms with van der Waals surface area (Å²) in [5, 5.41) is 0.918. The molecule has 126 valence electrons. The second-order valence-corrected chi connectivity index (χ2v) is 6.40. The number of nitrogens with two attached hydrogens (primary N) is 1. The Hall–Kier alpha value is -2.02. The van der Waals surface area contributed by atoms with Crippen molar-refractivity contribution >= 4 is 40.2 Å². The smallest absolute Gasteiger partial charge is 0.221 e. The molecule has 1 aromatic carbocycles. The van der Waals surface area contributed by atoms with Gasteiger partial charge in [-0.05, 0) is 32.3 Å². The molecule has 2 aromatic heterocycles. The first-order chi connectivity index (χ1) is 11.5.